The highest BCUT2D eigenvalue weighted by Gasteiger charge is 2.09. The fourth-order valence-electron chi connectivity index (χ4n) is 2.17. The van der Waals surface area contributed by atoms with Crippen molar-refractivity contribution in [2.24, 2.45) is 0 Å². The molecule has 1 aromatic rings. The molecule has 23 heavy (non-hydrogen) atoms. The lowest BCUT2D eigenvalue weighted by molar-refractivity contribution is 0.0363. The lowest BCUT2D eigenvalue weighted by Gasteiger charge is -2.26. The lowest BCUT2D eigenvalue weighted by Crippen LogP contribution is -2.37. The molecule has 0 bridgehead atoms. The zero-order valence-corrected chi connectivity index (χ0v) is 13.8. The molecule has 1 heterocycles. The molecule has 2 N–H and O–H groups in total. The van der Waals surface area contributed by atoms with Gasteiger partial charge in [0.15, 0.2) is 11.5 Å². The number of nitrogens with zero attached hydrogens (tertiary/aromatic N) is 1. The van der Waals surface area contributed by atoms with E-state index >= 15 is 0 Å². The fraction of sp³-hybridized carbons (Fsp3) is 0.562. The van der Waals surface area contributed by atoms with Crippen molar-refractivity contribution in [3.63, 3.8) is 0 Å². The summed E-state index contributed by atoms with van der Waals surface area (Å²) in [6, 6.07) is 5.06. The van der Waals surface area contributed by atoms with E-state index in [0.29, 0.717) is 17.1 Å². The van der Waals surface area contributed by atoms with Gasteiger partial charge in [0.2, 0.25) is 0 Å². The van der Waals surface area contributed by atoms with Gasteiger partial charge in [0.1, 0.15) is 6.29 Å². The summed E-state index contributed by atoms with van der Waals surface area (Å²) in [5, 5.41) is 7.00. The topological polar surface area (TPSA) is 80.3 Å². The molecule has 0 aliphatic carbocycles. The number of carbonyl (C=O) groups excluding carboxylic acids is 1. The van der Waals surface area contributed by atoms with E-state index in [2.05, 4.69) is 10.4 Å². The highest BCUT2D eigenvalue weighted by molar-refractivity contribution is 5.76. The van der Waals surface area contributed by atoms with Gasteiger partial charge < -0.3 is 19.4 Å². The Labute approximate surface area is 137 Å². The molecule has 1 fully saturated rings. The number of benzene rings is 1. The van der Waals surface area contributed by atoms with Gasteiger partial charge in [-0.2, -0.15) is 5.48 Å². The van der Waals surface area contributed by atoms with Crippen LogP contribution in [0.3, 0.4) is 0 Å². The second-order valence-corrected chi connectivity index (χ2v) is 4.83. The average Bonchev–Trinajstić information content (AvgIpc) is 2.63. The number of morpholine rings is 1. The minimum Gasteiger partial charge on any atom is -0.493 e. The van der Waals surface area contributed by atoms with Crippen molar-refractivity contribution in [2.45, 2.75) is 6.42 Å². The number of hydrogen-bond donors (Lipinski definition) is 2. The van der Waals surface area contributed by atoms with Gasteiger partial charge in [-0.1, -0.05) is 0 Å². The zero-order valence-electron chi connectivity index (χ0n) is 13.8. The van der Waals surface area contributed by atoms with E-state index in [9.17, 15) is 4.79 Å². The molecule has 1 aromatic carbocycles. The van der Waals surface area contributed by atoms with E-state index in [1.54, 1.807) is 25.3 Å². The predicted molar refractivity (Wildman–Crippen MR) is 87.0 cm³/mol. The van der Waals surface area contributed by atoms with Crippen LogP contribution in [0.1, 0.15) is 16.8 Å². The van der Waals surface area contributed by atoms with Crippen LogP contribution < -0.4 is 15.1 Å². The van der Waals surface area contributed by atoms with Gasteiger partial charge in [-0.05, 0) is 31.2 Å². The van der Waals surface area contributed by atoms with Gasteiger partial charge in [0, 0.05) is 32.3 Å². The van der Waals surface area contributed by atoms with Gasteiger partial charge in [-0.3, -0.25) is 9.69 Å². The third-order valence-electron chi connectivity index (χ3n) is 3.36. The Kier molecular flexibility index (Phi) is 9.97. The number of methoxy groups -OCH3 is 1. The molecule has 0 unspecified atom stereocenters. The van der Waals surface area contributed by atoms with E-state index < -0.39 is 0 Å². The standard InChI is InChI=1S/C15H22N2O4.CH4O/c1-19-14-4-3-13(12-18)11-15(14)21-16-5-2-6-17-7-9-20-10-8-17;1-2/h3-4,11-12,16H,2,5-10H2,1H3;2H,1H3. The molecule has 0 atom stereocenters. The first-order chi connectivity index (χ1) is 11.3. The van der Waals surface area contributed by atoms with Crippen LogP contribution >= 0.6 is 0 Å². The summed E-state index contributed by atoms with van der Waals surface area (Å²) >= 11 is 0. The van der Waals surface area contributed by atoms with Crippen molar-refractivity contribution < 1.29 is 24.2 Å². The molecule has 0 radical (unpaired) electrons. The predicted octanol–water partition coefficient (Wildman–Crippen LogP) is 0.722. The highest BCUT2D eigenvalue weighted by Crippen LogP contribution is 2.26. The first-order valence-corrected chi connectivity index (χ1v) is 7.61. The molecule has 7 heteroatoms. The van der Waals surface area contributed by atoms with Crippen molar-refractivity contribution in [2.75, 3.05) is 53.6 Å². The first-order valence-electron chi connectivity index (χ1n) is 7.61. The molecule has 0 aromatic heterocycles. The van der Waals surface area contributed by atoms with E-state index in [1.165, 1.54) is 0 Å². The minimum atomic E-state index is 0.522. The Bertz CT molecular complexity index is 450. The monoisotopic (exact) mass is 326 g/mol. The van der Waals surface area contributed by atoms with Crippen molar-refractivity contribution in [1.82, 2.24) is 10.4 Å². The average molecular weight is 326 g/mol. The number of aliphatic hydroxyl groups excluding tert-OH is 1. The van der Waals surface area contributed by atoms with Crippen LogP contribution in [0.15, 0.2) is 18.2 Å². The molecule has 0 spiro atoms. The van der Waals surface area contributed by atoms with E-state index in [-0.39, 0.29) is 0 Å². The fourth-order valence-corrected chi connectivity index (χ4v) is 2.17. The van der Waals surface area contributed by atoms with Crippen LogP contribution in [0.25, 0.3) is 0 Å². The Morgan fingerprint density at radius 1 is 1.30 bits per heavy atom. The Balaban J connectivity index is 0.00000127. The number of nitrogens with one attached hydrogen (secondary N) is 1. The maximum Gasteiger partial charge on any atom is 0.189 e. The van der Waals surface area contributed by atoms with Crippen LogP contribution in [-0.4, -0.2) is 69.9 Å². The Morgan fingerprint density at radius 3 is 2.70 bits per heavy atom. The summed E-state index contributed by atoms with van der Waals surface area (Å²) in [4.78, 5) is 18.6. The molecule has 1 aliphatic heterocycles. The lowest BCUT2D eigenvalue weighted by atomic mass is 10.2. The molecule has 1 aliphatic rings. The number of hydrogen-bond acceptors (Lipinski definition) is 7. The van der Waals surface area contributed by atoms with Crippen molar-refractivity contribution in [3.8, 4) is 11.5 Å². The van der Waals surface area contributed by atoms with E-state index in [0.717, 1.165) is 59.2 Å². The largest absolute Gasteiger partial charge is 0.493 e. The summed E-state index contributed by atoms with van der Waals surface area (Å²) in [6.45, 7) is 5.38. The number of ether oxygens (including phenoxy) is 2. The number of aliphatic hydroxyl groups is 1. The maximum absolute atomic E-state index is 10.8. The molecule has 0 amide bonds. The van der Waals surface area contributed by atoms with Crippen LogP contribution in [-0.2, 0) is 4.74 Å². The van der Waals surface area contributed by atoms with Crippen LogP contribution in [0.4, 0.5) is 0 Å². The van der Waals surface area contributed by atoms with E-state index in [4.69, 9.17) is 19.4 Å². The summed E-state index contributed by atoms with van der Waals surface area (Å²) in [5.74, 6) is 1.12. The van der Waals surface area contributed by atoms with Crippen LogP contribution in [0, 0.1) is 0 Å². The normalized spacial score (nSPS) is 14.6. The zero-order chi connectivity index (χ0) is 16.9. The molecule has 130 valence electrons. The third kappa shape index (κ3) is 6.96. The first kappa shape index (κ1) is 19.4. The van der Waals surface area contributed by atoms with Crippen LogP contribution in [0.5, 0.6) is 11.5 Å². The summed E-state index contributed by atoms with van der Waals surface area (Å²) < 4.78 is 10.5. The molecule has 0 saturated carbocycles. The molecule has 2 rings (SSSR count). The molecule has 1 saturated heterocycles. The smallest absolute Gasteiger partial charge is 0.189 e. The highest BCUT2D eigenvalue weighted by atomic mass is 16.7. The number of aldehydes is 1. The van der Waals surface area contributed by atoms with Gasteiger partial charge in [-0.25, -0.2) is 0 Å². The molecular weight excluding hydrogens is 300 g/mol. The van der Waals surface area contributed by atoms with E-state index in [1.807, 2.05) is 0 Å². The number of carbonyl (C=O) groups is 1. The second kappa shape index (κ2) is 11.8. The van der Waals surface area contributed by atoms with Crippen LogP contribution in [0.2, 0.25) is 0 Å². The summed E-state index contributed by atoms with van der Waals surface area (Å²) in [7, 11) is 2.57. The van der Waals surface area contributed by atoms with Crippen molar-refractivity contribution in [3.05, 3.63) is 23.8 Å². The summed E-state index contributed by atoms with van der Waals surface area (Å²) in [6.07, 6.45) is 1.76. The molecular formula is C16H26N2O5. The third-order valence-corrected chi connectivity index (χ3v) is 3.36. The maximum atomic E-state index is 10.8. The van der Waals surface area contributed by atoms with Gasteiger partial charge >= 0.3 is 0 Å². The molecule has 7 nitrogen and oxygen atoms in total. The number of rotatable bonds is 8. The SMILES string of the molecule is CO.COc1ccc(C=O)cc1ONCCCN1CCOCC1. The minimum absolute atomic E-state index is 0.522. The van der Waals surface area contributed by atoms with Crippen molar-refractivity contribution in [1.29, 1.82) is 0 Å². The quantitative estimate of drug-likeness (QED) is 0.414. The second-order valence-electron chi connectivity index (χ2n) is 4.83. The summed E-state index contributed by atoms with van der Waals surface area (Å²) in [5.41, 5.74) is 3.47. The van der Waals surface area contributed by atoms with Gasteiger partial charge in [0.05, 0.1) is 20.3 Å². The van der Waals surface area contributed by atoms with Crippen molar-refractivity contribution >= 4 is 6.29 Å². The van der Waals surface area contributed by atoms with Gasteiger partial charge in [0.25, 0.3) is 0 Å². The Morgan fingerprint density at radius 2 is 2.04 bits per heavy atom. The Hall–Kier alpha value is -1.67. The number of hydroxylamine groups is 1. The van der Waals surface area contributed by atoms with Gasteiger partial charge in [-0.15, -0.1) is 0 Å².